The third-order valence-corrected chi connectivity index (χ3v) is 8.08. The number of nitrogens with zero attached hydrogens (tertiary/aromatic N) is 4. The molecule has 2 aliphatic rings. The van der Waals surface area contributed by atoms with Crippen LogP contribution in [0.4, 0.5) is 27.8 Å². The number of rotatable bonds is 9. The summed E-state index contributed by atoms with van der Waals surface area (Å²) in [4.78, 5) is 40.4. The van der Waals surface area contributed by atoms with Gasteiger partial charge in [0.25, 0.3) is 17.7 Å². The molecule has 9 nitrogen and oxygen atoms in total. The van der Waals surface area contributed by atoms with Gasteiger partial charge in [0.1, 0.15) is 11.9 Å². The molecule has 1 atom stereocenters. The molecule has 0 bridgehead atoms. The molecule has 1 fully saturated rings. The van der Waals surface area contributed by atoms with E-state index in [0.29, 0.717) is 24.5 Å². The molecule has 14 heteroatoms. The van der Waals surface area contributed by atoms with Gasteiger partial charge in [-0.3, -0.25) is 24.2 Å². The predicted molar refractivity (Wildman–Crippen MR) is 177 cm³/mol. The molecule has 0 saturated carbocycles. The average molecular weight is 695 g/mol. The zero-order chi connectivity index (χ0) is 36.1. The fourth-order valence-electron chi connectivity index (χ4n) is 5.63. The second kappa shape index (κ2) is 15.0. The van der Waals surface area contributed by atoms with Crippen LogP contribution in [0.5, 0.6) is 0 Å². The number of hydrogen-bond acceptors (Lipinski definition) is 5. The topological polar surface area (TPSA) is 99.6 Å². The van der Waals surface area contributed by atoms with Gasteiger partial charge in [-0.1, -0.05) is 61.2 Å². The Morgan fingerprint density at radius 2 is 1.64 bits per heavy atom. The van der Waals surface area contributed by atoms with Gasteiger partial charge in [-0.2, -0.15) is 18.3 Å². The van der Waals surface area contributed by atoms with Crippen molar-refractivity contribution in [2.24, 2.45) is 0 Å². The number of hydrogen-bond donors (Lipinski definition) is 2. The first-order chi connectivity index (χ1) is 23.8. The molecule has 3 amide bonds. The van der Waals surface area contributed by atoms with Crippen molar-refractivity contribution in [2.45, 2.75) is 38.0 Å². The van der Waals surface area contributed by atoms with E-state index in [1.807, 2.05) is 60.7 Å². The van der Waals surface area contributed by atoms with Crippen molar-refractivity contribution in [3.63, 3.8) is 0 Å². The molecule has 50 heavy (non-hydrogen) atoms. The molecular weight excluding hydrogens is 659 g/mol. The number of carbonyl (C=O) groups excluding carboxylic acids is 3. The van der Waals surface area contributed by atoms with Crippen LogP contribution in [0.15, 0.2) is 103 Å². The number of nitrogens with one attached hydrogen (secondary N) is 2. The highest BCUT2D eigenvalue weighted by molar-refractivity contribution is 6.04. The largest absolute Gasteiger partial charge is 0.416 e. The van der Waals surface area contributed by atoms with Crippen LogP contribution in [0.25, 0.3) is 5.69 Å². The molecule has 4 aromatic rings. The summed E-state index contributed by atoms with van der Waals surface area (Å²) >= 11 is 0. The van der Waals surface area contributed by atoms with Gasteiger partial charge in [0.05, 0.1) is 30.5 Å². The number of aromatic nitrogens is 2. The number of alkyl halides is 5. The molecular formula is C36H35F5N6O3. The summed E-state index contributed by atoms with van der Waals surface area (Å²) in [6, 6.07) is 22.0. The Balaban J connectivity index is 0.000000219. The van der Waals surface area contributed by atoms with Crippen molar-refractivity contribution in [2.75, 3.05) is 31.1 Å². The molecule has 1 saturated heterocycles. The third-order valence-electron chi connectivity index (χ3n) is 8.08. The van der Waals surface area contributed by atoms with E-state index >= 15 is 0 Å². The number of benzene rings is 3. The fraction of sp³-hybridized carbons (Fsp3) is 0.278. The molecule has 0 radical (unpaired) electrons. The SMILES string of the molecule is C=C(CN1CC(F)(F)C1)C(=O)NCc1ccccc1.CCN1C(=O)C(NC(=O)c2cccc(C(F)(F)F)c2)Cc2cnn(-c3ccccc3)c21. The highest BCUT2D eigenvalue weighted by atomic mass is 19.4. The van der Waals surface area contributed by atoms with Crippen LogP contribution < -0.4 is 15.5 Å². The van der Waals surface area contributed by atoms with Crippen LogP contribution in [-0.4, -0.2) is 70.5 Å². The van der Waals surface area contributed by atoms with Crippen LogP contribution >= 0.6 is 0 Å². The fourth-order valence-corrected chi connectivity index (χ4v) is 5.63. The Bertz CT molecular complexity index is 1840. The van der Waals surface area contributed by atoms with E-state index in [9.17, 15) is 36.3 Å². The Morgan fingerprint density at radius 1 is 0.980 bits per heavy atom. The van der Waals surface area contributed by atoms with Gasteiger partial charge >= 0.3 is 6.18 Å². The molecule has 2 aliphatic heterocycles. The number of amides is 3. The number of anilines is 1. The van der Waals surface area contributed by atoms with E-state index in [0.717, 1.165) is 28.9 Å². The smallest absolute Gasteiger partial charge is 0.348 e. The van der Waals surface area contributed by atoms with E-state index in [1.165, 1.54) is 21.9 Å². The maximum Gasteiger partial charge on any atom is 0.416 e. The monoisotopic (exact) mass is 694 g/mol. The van der Waals surface area contributed by atoms with Gasteiger partial charge in [-0.05, 0) is 42.8 Å². The van der Waals surface area contributed by atoms with Crippen LogP contribution in [0.3, 0.4) is 0 Å². The van der Waals surface area contributed by atoms with Crippen LogP contribution in [0.2, 0.25) is 0 Å². The number of likely N-dealkylation sites (N-methyl/N-ethyl adjacent to an activating group) is 1. The summed E-state index contributed by atoms with van der Waals surface area (Å²) in [5.41, 5.74) is 1.78. The third kappa shape index (κ3) is 8.61. The molecule has 1 unspecified atom stereocenters. The maximum atomic E-state index is 13.1. The lowest BCUT2D eigenvalue weighted by Crippen LogP contribution is -2.56. The summed E-state index contributed by atoms with van der Waals surface area (Å²) < 4.78 is 65.8. The summed E-state index contributed by atoms with van der Waals surface area (Å²) in [5.74, 6) is -3.35. The van der Waals surface area contributed by atoms with Crippen molar-refractivity contribution in [1.29, 1.82) is 0 Å². The summed E-state index contributed by atoms with van der Waals surface area (Å²) in [6.07, 6.45) is -2.72. The lowest BCUT2D eigenvalue weighted by Gasteiger charge is -2.38. The molecule has 2 N–H and O–H groups in total. The van der Waals surface area contributed by atoms with Crippen molar-refractivity contribution in [1.82, 2.24) is 25.3 Å². The Hall–Kier alpha value is -5.37. The first-order valence-electron chi connectivity index (χ1n) is 15.8. The molecule has 6 rings (SSSR count). The first kappa shape index (κ1) is 35.9. The van der Waals surface area contributed by atoms with Crippen molar-refractivity contribution >= 4 is 23.5 Å². The van der Waals surface area contributed by atoms with E-state index in [-0.39, 0.29) is 43.4 Å². The van der Waals surface area contributed by atoms with Crippen molar-refractivity contribution in [3.8, 4) is 5.69 Å². The number of fused-ring (bicyclic) bond motifs is 1. The number of likely N-dealkylation sites (tertiary alicyclic amines) is 1. The molecule has 1 aromatic heterocycles. The standard InChI is InChI=1S/C22H19F3N4O2.C14H16F2N2O/c1-2-28-20-15(13-26-29(20)17-9-4-3-5-10-17)12-18(21(28)31)27-19(30)14-7-6-8-16(11-14)22(23,24)25;1-11(8-18-9-14(15,16)10-18)13(19)17-7-12-5-3-2-4-6-12/h3-11,13,18H,2,12H2,1H3,(H,27,30);2-6H,1,7-10H2,(H,17,19). The van der Waals surface area contributed by atoms with E-state index in [2.05, 4.69) is 22.3 Å². The number of carbonyl (C=O) groups is 3. The average Bonchev–Trinajstić information content (AvgIpc) is 3.51. The predicted octanol–water partition coefficient (Wildman–Crippen LogP) is 5.41. The quantitative estimate of drug-likeness (QED) is 0.181. The Labute approximate surface area is 285 Å². The van der Waals surface area contributed by atoms with Gasteiger partial charge in [0, 0.05) is 42.8 Å². The number of para-hydroxylation sites is 1. The minimum atomic E-state index is -4.56. The second-order valence-corrected chi connectivity index (χ2v) is 11.9. The van der Waals surface area contributed by atoms with Crippen LogP contribution in [-0.2, 0) is 28.7 Å². The summed E-state index contributed by atoms with van der Waals surface area (Å²) in [5, 5.41) is 9.70. The van der Waals surface area contributed by atoms with Crippen molar-refractivity contribution < 1.29 is 36.3 Å². The normalized spacial score (nSPS) is 16.7. The zero-order valence-electron chi connectivity index (χ0n) is 27.1. The Morgan fingerprint density at radius 3 is 2.26 bits per heavy atom. The summed E-state index contributed by atoms with van der Waals surface area (Å²) in [6.45, 7) is 5.81. The molecule has 3 aromatic carbocycles. The van der Waals surface area contributed by atoms with Crippen LogP contribution in [0.1, 0.15) is 34.0 Å². The lowest BCUT2D eigenvalue weighted by molar-refractivity contribution is -0.137. The van der Waals surface area contributed by atoms with Crippen molar-refractivity contribution in [3.05, 3.63) is 126 Å². The highest BCUT2D eigenvalue weighted by Crippen LogP contribution is 2.32. The van der Waals surface area contributed by atoms with Gasteiger partial charge in [0.15, 0.2) is 0 Å². The minimum absolute atomic E-state index is 0.156. The van der Waals surface area contributed by atoms with Gasteiger partial charge in [0.2, 0.25) is 5.91 Å². The highest BCUT2D eigenvalue weighted by Gasteiger charge is 2.44. The van der Waals surface area contributed by atoms with Gasteiger partial charge in [-0.25, -0.2) is 13.5 Å². The number of halogens is 5. The van der Waals surface area contributed by atoms with E-state index in [1.54, 1.807) is 17.8 Å². The Kier molecular flexibility index (Phi) is 10.8. The van der Waals surface area contributed by atoms with Gasteiger partial charge < -0.3 is 10.6 Å². The van der Waals surface area contributed by atoms with Gasteiger partial charge in [-0.15, -0.1) is 0 Å². The molecule has 262 valence electrons. The molecule has 0 aliphatic carbocycles. The van der Waals surface area contributed by atoms with E-state index in [4.69, 9.17) is 0 Å². The maximum absolute atomic E-state index is 13.1. The second-order valence-electron chi connectivity index (χ2n) is 11.9. The summed E-state index contributed by atoms with van der Waals surface area (Å²) in [7, 11) is 0. The minimum Gasteiger partial charge on any atom is -0.348 e. The van der Waals surface area contributed by atoms with Crippen LogP contribution in [0, 0.1) is 0 Å². The first-order valence-corrected chi connectivity index (χ1v) is 15.8. The lowest BCUT2D eigenvalue weighted by atomic mass is 10.0. The molecule has 0 spiro atoms. The molecule has 3 heterocycles. The zero-order valence-corrected chi connectivity index (χ0v) is 27.1. The van der Waals surface area contributed by atoms with E-state index < -0.39 is 29.6 Å².